The van der Waals surface area contributed by atoms with Crippen LogP contribution in [0.1, 0.15) is 40.0 Å². The summed E-state index contributed by atoms with van der Waals surface area (Å²) in [5.74, 6) is 0.821. The number of carbonyl (C=O) groups is 1. The minimum absolute atomic E-state index is 0.0306. The molecule has 1 fully saturated rings. The molecule has 0 heterocycles. The molecular weight excluding hydrogens is 164 g/mol. The van der Waals surface area contributed by atoms with Crippen molar-refractivity contribution in [1.82, 2.24) is 0 Å². The first-order valence-corrected chi connectivity index (χ1v) is 5.05. The van der Waals surface area contributed by atoms with Crippen LogP contribution in [-0.2, 0) is 9.53 Å². The van der Waals surface area contributed by atoms with Crippen LogP contribution < -0.4 is 0 Å². The van der Waals surface area contributed by atoms with Gasteiger partial charge in [-0.05, 0) is 30.6 Å². The van der Waals surface area contributed by atoms with Crippen LogP contribution in [0.15, 0.2) is 0 Å². The lowest BCUT2D eigenvalue weighted by Gasteiger charge is -2.39. The molecule has 2 atom stereocenters. The van der Waals surface area contributed by atoms with E-state index in [-0.39, 0.29) is 17.3 Å². The molecule has 0 bridgehead atoms. The maximum atomic E-state index is 11.5. The Labute approximate surface area is 80.7 Å². The van der Waals surface area contributed by atoms with Crippen LogP contribution in [0.4, 0.5) is 0 Å². The van der Waals surface area contributed by atoms with E-state index in [2.05, 4.69) is 20.8 Å². The normalized spacial score (nSPS) is 32.6. The third-order valence-corrected chi connectivity index (χ3v) is 3.25. The second-order valence-electron chi connectivity index (χ2n) is 4.95. The van der Waals surface area contributed by atoms with Crippen LogP contribution in [0.3, 0.4) is 0 Å². The molecule has 76 valence electrons. The number of carbonyl (C=O) groups excluding carboxylic acids is 1. The summed E-state index contributed by atoms with van der Waals surface area (Å²) in [4.78, 5) is 11.5. The van der Waals surface area contributed by atoms with Gasteiger partial charge in [0.15, 0.2) is 0 Å². The highest BCUT2D eigenvalue weighted by Gasteiger charge is 2.40. The van der Waals surface area contributed by atoms with Gasteiger partial charge in [-0.1, -0.05) is 20.8 Å². The van der Waals surface area contributed by atoms with Gasteiger partial charge in [-0.3, -0.25) is 4.79 Å². The van der Waals surface area contributed by atoms with Crippen molar-refractivity contribution in [3.63, 3.8) is 0 Å². The average molecular weight is 184 g/mol. The number of hydrogen-bond donors (Lipinski definition) is 0. The summed E-state index contributed by atoms with van der Waals surface area (Å²) in [6.07, 6.45) is 3.27. The fourth-order valence-electron chi connectivity index (χ4n) is 2.56. The molecule has 2 nitrogen and oxygen atoms in total. The fraction of sp³-hybridized carbons (Fsp3) is 0.909. The lowest BCUT2D eigenvalue weighted by molar-refractivity contribution is -0.152. The smallest absolute Gasteiger partial charge is 0.309 e. The van der Waals surface area contributed by atoms with Gasteiger partial charge in [0, 0.05) is 0 Å². The van der Waals surface area contributed by atoms with E-state index in [4.69, 9.17) is 4.74 Å². The first kappa shape index (κ1) is 10.6. The quantitative estimate of drug-likeness (QED) is 0.585. The molecule has 0 amide bonds. The molecule has 0 aromatic carbocycles. The predicted octanol–water partition coefficient (Wildman–Crippen LogP) is 2.62. The van der Waals surface area contributed by atoms with Crippen LogP contribution in [0.2, 0.25) is 0 Å². The van der Waals surface area contributed by atoms with Crippen molar-refractivity contribution in [3.05, 3.63) is 0 Å². The highest BCUT2D eigenvalue weighted by molar-refractivity contribution is 5.73. The summed E-state index contributed by atoms with van der Waals surface area (Å²) < 4.78 is 4.82. The zero-order valence-electron chi connectivity index (χ0n) is 9.09. The average Bonchev–Trinajstić information content (AvgIpc) is 2.01. The summed E-state index contributed by atoms with van der Waals surface area (Å²) in [5.41, 5.74) is 0.116. The maximum Gasteiger partial charge on any atom is 0.309 e. The van der Waals surface area contributed by atoms with Crippen molar-refractivity contribution >= 4 is 5.97 Å². The summed E-state index contributed by atoms with van der Waals surface area (Å²) >= 11 is 0. The molecule has 0 saturated heterocycles. The summed E-state index contributed by atoms with van der Waals surface area (Å²) in [7, 11) is 1.48. The monoisotopic (exact) mass is 184 g/mol. The molecule has 2 heteroatoms. The van der Waals surface area contributed by atoms with Gasteiger partial charge in [-0.25, -0.2) is 0 Å². The second kappa shape index (κ2) is 3.69. The minimum Gasteiger partial charge on any atom is -0.469 e. The minimum atomic E-state index is -0.0306. The Morgan fingerprint density at radius 1 is 1.38 bits per heavy atom. The Bertz CT molecular complexity index is 196. The first-order chi connectivity index (χ1) is 5.97. The number of methoxy groups -OCH3 is 1. The highest BCUT2D eigenvalue weighted by Crippen LogP contribution is 2.43. The second-order valence-corrected chi connectivity index (χ2v) is 4.95. The van der Waals surface area contributed by atoms with Crippen molar-refractivity contribution in [2.24, 2.45) is 17.3 Å². The molecule has 1 saturated carbocycles. The molecule has 0 aromatic heterocycles. The molecular formula is C11H20O2. The lowest BCUT2D eigenvalue weighted by Crippen LogP contribution is -2.37. The van der Waals surface area contributed by atoms with Crippen LogP contribution in [0.5, 0.6) is 0 Å². The van der Waals surface area contributed by atoms with E-state index in [1.54, 1.807) is 0 Å². The number of esters is 1. The molecule has 0 spiro atoms. The number of ether oxygens (including phenoxy) is 1. The fourth-order valence-corrected chi connectivity index (χ4v) is 2.56. The molecule has 0 N–H and O–H groups in total. The van der Waals surface area contributed by atoms with Gasteiger partial charge in [-0.2, -0.15) is 0 Å². The number of rotatable bonds is 1. The van der Waals surface area contributed by atoms with Crippen molar-refractivity contribution in [2.75, 3.05) is 7.11 Å². The van der Waals surface area contributed by atoms with Crippen molar-refractivity contribution in [2.45, 2.75) is 40.0 Å². The Kier molecular flexibility index (Phi) is 2.99. The lowest BCUT2D eigenvalue weighted by atomic mass is 9.65. The third-order valence-electron chi connectivity index (χ3n) is 3.25. The first-order valence-electron chi connectivity index (χ1n) is 5.05. The van der Waals surface area contributed by atoms with Gasteiger partial charge >= 0.3 is 5.97 Å². The third kappa shape index (κ3) is 2.23. The molecule has 2 unspecified atom stereocenters. The van der Waals surface area contributed by atoms with Crippen LogP contribution in [0.25, 0.3) is 0 Å². The number of hydrogen-bond acceptors (Lipinski definition) is 2. The molecule has 1 rings (SSSR count). The summed E-state index contributed by atoms with van der Waals surface area (Å²) in [5, 5.41) is 0. The van der Waals surface area contributed by atoms with Gasteiger partial charge in [0.25, 0.3) is 0 Å². The Morgan fingerprint density at radius 3 is 2.46 bits per heavy atom. The van der Waals surface area contributed by atoms with E-state index in [0.717, 1.165) is 25.2 Å². The topological polar surface area (TPSA) is 26.3 Å². The summed E-state index contributed by atoms with van der Waals surface area (Å²) in [6.45, 7) is 6.60. The van der Waals surface area contributed by atoms with E-state index >= 15 is 0 Å². The van der Waals surface area contributed by atoms with E-state index in [9.17, 15) is 4.79 Å². The molecule has 0 aromatic rings. The van der Waals surface area contributed by atoms with Crippen LogP contribution >= 0.6 is 0 Å². The Balaban J connectivity index is 2.69. The summed E-state index contributed by atoms with van der Waals surface area (Å²) in [6, 6.07) is 0. The van der Waals surface area contributed by atoms with E-state index < -0.39 is 0 Å². The molecule has 1 aliphatic rings. The largest absolute Gasteiger partial charge is 0.469 e. The van der Waals surface area contributed by atoms with Gasteiger partial charge in [0.2, 0.25) is 0 Å². The molecule has 1 aliphatic carbocycles. The van der Waals surface area contributed by atoms with Crippen molar-refractivity contribution < 1.29 is 9.53 Å². The SMILES string of the molecule is COC(=O)C1CCC(C)CC1(C)C. The van der Waals surface area contributed by atoms with Gasteiger partial charge in [0.1, 0.15) is 0 Å². The van der Waals surface area contributed by atoms with Gasteiger partial charge in [0.05, 0.1) is 13.0 Å². The predicted molar refractivity (Wildman–Crippen MR) is 52.3 cm³/mol. The van der Waals surface area contributed by atoms with E-state index in [1.165, 1.54) is 7.11 Å². The van der Waals surface area contributed by atoms with Crippen molar-refractivity contribution in [1.29, 1.82) is 0 Å². The standard InChI is InChI=1S/C11H20O2/c1-8-5-6-9(10(12)13-4)11(2,3)7-8/h8-9H,5-7H2,1-4H3. The van der Waals surface area contributed by atoms with E-state index in [1.807, 2.05) is 0 Å². The van der Waals surface area contributed by atoms with Crippen LogP contribution in [0, 0.1) is 17.3 Å². The molecule has 0 radical (unpaired) electrons. The van der Waals surface area contributed by atoms with Crippen LogP contribution in [-0.4, -0.2) is 13.1 Å². The molecule has 0 aliphatic heterocycles. The van der Waals surface area contributed by atoms with Crippen molar-refractivity contribution in [3.8, 4) is 0 Å². The Morgan fingerprint density at radius 2 is 2.00 bits per heavy atom. The highest BCUT2D eigenvalue weighted by atomic mass is 16.5. The Hall–Kier alpha value is -0.530. The molecule has 13 heavy (non-hydrogen) atoms. The maximum absolute atomic E-state index is 11.5. The van der Waals surface area contributed by atoms with Gasteiger partial charge < -0.3 is 4.74 Å². The zero-order chi connectivity index (χ0) is 10.1. The van der Waals surface area contributed by atoms with Gasteiger partial charge in [-0.15, -0.1) is 0 Å². The van der Waals surface area contributed by atoms with E-state index in [0.29, 0.717) is 0 Å². The zero-order valence-corrected chi connectivity index (χ0v) is 9.09.